The second-order valence-electron chi connectivity index (χ2n) is 2.62. The van der Waals surface area contributed by atoms with Crippen molar-refractivity contribution in [2.24, 2.45) is 0 Å². The van der Waals surface area contributed by atoms with Gasteiger partial charge in [0.25, 0.3) is 0 Å². The molecular weight excluding hydrogens is 128 g/mol. The highest BCUT2D eigenvalue weighted by atomic mass is 16.5. The zero-order valence-electron chi connectivity index (χ0n) is 7.56. The Hall–Kier alpha value is -0.120. The van der Waals surface area contributed by atoms with Gasteiger partial charge in [0.05, 0.1) is 0 Å². The van der Waals surface area contributed by atoms with Crippen LogP contribution in [0.2, 0.25) is 0 Å². The second kappa shape index (κ2) is 3.91. The third-order valence-electron chi connectivity index (χ3n) is 1.74. The number of ether oxygens (including phenoxy) is 1. The van der Waals surface area contributed by atoms with Crippen molar-refractivity contribution >= 4 is 0 Å². The van der Waals surface area contributed by atoms with E-state index >= 15 is 0 Å². The lowest BCUT2D eigenvalue weighted by molar-refractivity contribution is -0.128. The van der Waals surface area contributed by atoms with Gasteiger partial charge in [-0.25, -0.2) is 5.01 Å². The fraction of sp³-hybridized carbons (Fsp3) is 1.00. The Kier molecular flexibility index (Phi) is 3.86. The Bertz CT molecular complexity index is 89.6. The smallest absolute Gasteiger partial charge is 0.127 e. The van der Waals surface area contributed by atoms with Crippen LogP contribution in [0.15, 0.2) is 0 Å². The van der Waals surface area contributed by atoms with E-state index in [1.807, 2.05) is 25.9 Å². The topological polar surface area (TPSA) is 24.5 Å². The maximum absolute atomic E-state index is 5.24. The lowest BCUT2D eigenvalue weighted by atomic mass is 10.3. The molecule has 0 saturated carbocycles. The van der Waals surface area contributed by atoms with Gasteiger partial charge in [0.1, 0.15) is 5.72 Å². The lowest BCUT2D eigenvalue weighted by Gasteiger charge is -2.35. The summed E-state index contributed by atoms with van der Waals surface area (Å²) in [6.07, 6.45) is 0. The molecule has 0 aromatic carbocycles. The maximum atomic E-state index is 5.24. The zero-order valence-corrected chi connectivity index (χ0v) is 7.56. The van der Waals surface area contributed by atoms with Gasteiger partial charge in [0.15, 0.2) is 0 Å². The van der Waals surface area contributed by atoms with Crippen molar-refractivity contribution in [2.45, 2.75) is 26.5 Å². The van der Waals surface area contributed by atoms with E-state index in [2.05, 4.69) is 12.3 Å². The molecule has 0 fully saturated rings. The van der Waals surface area contributed by atoms with Crippen LogP contribution in [0.4, 0.5) is 0 Å². The molecule has 0 rings (SSSR count). The number of nitrogens with zero attached hydrogens (tertiary/aromatic N) is 1. The Labute approximate surface area is 63.3 Å². The molecule has 0 aromatic heterocycles. The normalized spacial score (nSPS) is 12.6. The number of hydrogen-bond acceptors (Lipinski definition) is 3. The Morgan fingerprint density at radius 3 is 2.10 bits per heavy atom. The monoisotopic (exact) mass is 146 g/mol. The largest absolute Gasteiger partial charge is 0.363 e. The number of methoxy groups -OCH3 is 1. The van der Waals surface area contributed by atoms with Gasteiger partial charge in [-0.05, 0) is 20.9 Å². The fourth-order valence-electron chi connectivity index (χ4n) is 0.918. The van der Waals surface area contributed by atoms with E-state index in [1.54, 1.807) is 7.11 Å². The first kappa shape index (κ1) is 9.88. The standard InChI is InChI=1S/C7H18N2O/c1-6-9(8-4)7(2,3)10-5/h8H,6H2,1-5H3. The summed E-state index contributed by atoms with van der Waals surface area (Å²) in [5, 5.41) is 2.02. The molecule has 0 atom stereocenters. The Balaban J connectivity index is 3.97. The van der Waals surface area contributed by atoms with Gasteiger partial charge in [0.2, 0.25) is 0 Å². The van der Waals surface area contributed by atoms with Gasteiger partial charge in [0, 0.05) is 13.7 Å². The van der Waals surface area contributed by atoms with Gasteiger partial charge in [-0.1, -0.05) is 6.92 Å². The molecule has 0 heterocycles. The minimum absolute atomic E-state index is 0.219. The average Bonchev–Trinajstić information content (AvgIpc) is 1.90. The van der Waals surface area contributed by atoms with Crippen LogP contribution in [-0.2, 0) is 4.74 Å². The van der Waals surface area contributed by atoms with Crippen LogP contribution in [0.25, 0.3) is 0 Å². The highest BCUT2D eigenvalue weighted by Gasteiger charge is 2.22. The molecule has 0 unspecified atom stereocenters. The fourth-order valence-corrected chi connectivity index (χ4v) is 0.918. The number of hydrogen-bond donors (Lipinski definition) is 1. The van der Waals surface area contributed by atoms with Crippen LogP contribution < -0.4 is 5.43 Å². The van der Waals surface area contributed by atoms with Crippen LogP contribution in [0.3, 0.4) is 0 Å². The summed E-state index contributed by atoms with van der Waals surface area (Å²) in [4.78, 5) is 0. The van der Waals surface area contributed by atoms with E-state index in [1.165, 1.54) is 0 Å². The highest BCUT2D eigenvalue weighted by molar-refractivity contribution is 4.64. The van der Waals surface area contributed by atoms with Crippen molar-refractivity contribution < 1.29 is 4.74 Å². The van der Waals surface area contributed by atoms with Crippen molar-refractivity contribution in [3.8, 4) is 0 Å². The number of hydrazine groups is 1. The van der Waals surface area contributed by atoms with E-state index in [0.29, 0.717) is 0 Å². The molecule has 1 N–H and O–H groups in total. The summed E-state index contributed by atoms with van der Waals surface area (Å²) >= 11 is 0. The van der Waals surface area contributed by atoms with Crippen LogP contribution in [0, 0.1) is 0 Å². The SMILES string of the molecule is CCN(NC)C(C)(C)OC. The van der Waals surface area contributed by atoms with Crippen molar-refractivity contribution in [1.82, 2.24) is 10.4 Å². The summed E-state index contributed by atoms with van der Waals surface area (Å²) < 4.78 is 5.24. The lowest BCUT2D eigenvalue weighted by Crippen LogP contribution is -2.51. The van der Waals surface area contributed by atoms with Crippen molar-refractivity contribution in [3.05, 3.63) is 0 Å². The van der Waals surface area contributed by atoms with Crippen LogP contribution in [0.1, 0.15) is 20.8 Å². The third kappa shape index (κ3) is 2.25. The molecule has 62 valence electrons. The zero-order chi connectivity index (χ0) is 8.20. The molecule has 0 aliphatic heterocycles. The molecule has 3 nitrogen and oxygen atoms in total. The van der Waals surface area contributed by atoms with Gasteiger partial charge in [-0.3, -0.25) is 5.43 Å². The van der Waals surface area contributed by atoms with Gasteiger partial charge in [-0.15, -0.1) is 0 Å². The minimum atomic E-state index is -0.219. The maximum Gasteiger partial charge on any atom is 0.127 e. The first-order valence-electron chi connectivity index (χ1n) is 3.58. The molecule has 0 radical (unpaired) electrons. The van der Waals surface area contributed by atoms with Crippen molar-refractivity contribution in [3.63, 3.8) is 0 Å². The molecule has 0 amide bonds. The molecule has 0 saturated heterocycles. The average molecular weight is 146 g/mol. The minimum Gasteiger partial charge on any atom is -0.363 e. The summed E-state index contributed by atoms with van der Waals surface area (Å²) in [5.41, 5.74) is 2.83. The van der Waals surface area contributed by atoms with E-state index in [0.717, 1.165) is 6.54 Å². The van der Waals surface area contributed by atoms with E-state index < -0.39 is 0 Å². The van der Waals surface area contributed by atoms with Gasteiger partial charge in [-0.2, -0.15) is 0 Å². The van der Waals surface area contributed by atoms with Crippen LogP contribution in [0.5, 0.6) is 0 Å². The molecule has 0 aliphatic rings. The van der Waals surface area contributed by atoms with Crippen molar-refractivity contribution in [2.75, 3.05) is 20.7 Å². The predicted molar refractivity (Wildman–Crippen MR) is 42.5 cm³/mol. The second-order valence-corrected chi connectivity index (χ2v) is 2.62. The number of rotatable bonds is 4. The van der Waals surface area contributed by atoms with Crippen LogP contribution >= 0.6 is 0 Å². The van der Waals surface area contributed by atoms with Crippen LogP contribution in [-0.4, -0.2) is 31.4 Å². The summed E-state index contributed by atoms with van der Waals surface area (Å²) in [7, 11) is 3.60. The van der Waals surface area contributed by atoms with Crippen molar-refractivity contribution in [1.29, 1.82) is 0 Å². The molecule has 0 spiro atoms. The van der Waals surface area contributed by atoms with E-state index in [4.69, 9.17) is 4.74 Å². The Morgan fingerprint density at radius 2 is 2.00 bits per heavy atom. The molecule has 0 aromatic rings. The predicted octanol–water partition coefficient (Wildman–Crippen LogP) is 0.825. The highest BCUT2D eigenvalue weighted by Crippen LogP contribution is 2.10. The molecule has 0 aliphatic carbocycles. The number of nitrogens with one attached hydrogen (secondary N) is 1. The summed E-state index contributed by atoms with van der Waals surface area (Å²) in [6, 6.07) is 0. The summed E-state index contributed by atoms with van der Waals surface area (Å²) in [5.74, 6) is 0. The van der Waals surface area contributed by atoms with Gasteiger partial charge < -0.3 is 4.74 Å². The first-order chi connectivity index (χ1) is 4.58. The summed E-state index contributed by atoms with van der Waals surface area (Å²) in [6.45, 7) is 7.05. The third-order valence-corrected chi connectivity index (χ3v) is 1.74. The molecule has 3 heteroatoms. The quantitative estimate of drug-likeness (QED) is 0.469. The molecule has 10 heavy (non-hydrogen) atoms. The molecule has 0 bridgehead atoms. The first-order valence-corrected chi connectivity index (χ1v) is 3.58. The molecular formula is C7H18N2O. The van der Waals surface area contributed by atoms with Gasteiger partial charge >= 0.3 is 0 Å². The van der Waals surface area contributed by atoms with E-state index in [-0.39, 0.29) is 5.72 Å². The Morgan fingerprint density at radius 1 is 1.50 bits per heavy atom. The van der Waals surface area contributed by atoms with E-state index in [9.17, 15) is 0 Å².